The maximum absolute atomic E-state index is 5.87. The Morgan fingerprint density at radius 2 is 2.00 bits per heavy atom. The number of nitrogens with zero attached hydrogens (tertiary/aromatic N) is 2. The lowest BCUT2D eigenvalue weighted by atomic mass is 10.2. The lowest BCUT2D eigenvalue weighted by Crippen LogP contribution is -2.41. The largest absolute Gasteiger partial charge is 0.489 e. The van der Waals surface area contributed by atoms with Crippen LogP contribution in [0.4, 0.5) is 0 Å². The summed E-state index contributed by atoms with van der Waals surface area (Å²) in [6, 6.07) is 8.07. The molecule has 0 spiro atoms. The van der Waals surface area contributed by atoms with Gasteiger partial charge in [0.25, 0.3) is 0 Å². The third-order valence-corrected chi connectivity index (χ3v) is 4.13. The molecule has 1 aromatic heterocycles. The molecular formula is C17H24N4OS. The Morgan fingerprint density at radius 1 is 1.26 bits per heavy atom. The van der Waals surface area contributed by atoms with E-state index in [1.54, 1.807) is 18.4 Å². The van der Waals surface area contributed by atoms with Crippen molar-refractivity contribution in [1.82, 2.24) is 15.6 Å². The first-order valence-corrected chi connectivity index (χ1v) is 8.47. The highest BCUT2D eigenvalue weighted by molar-refractivity contribution is 7.11. The summed E-state index contributed by atoms with van der Waals surface area (Å²) in [7, 11) is 1.76. The molecule has 2 rings (SSSR count). The summed E-state index contributed by atoms with van der Waals surface area (Å²) >= 11 is 1.69. The van der Waals surface area contributed by atoms with Crippen LogP contribution in [0.25, 0.3) is 0 Å². The molecule has 6 heteroatoms. The maximum Gasteiger partial charge on any atom is 0.191 e. The summed E-state index contributed by atoms with van der Waals surface area (Å²) in [6.07, 6.45) is 1.92. The SMILES string of the molecule is CN=C(NCc1ncc(C)s1)NCC(C)Oc1ccc(C)cc1. The van der Waals surface area contributed by atoms with E-state index in [1.807, 2.05) is 37.4 Å². The molecule has 0 saturated carbocycles. The number of hydrogen-bond acceptors (Lipinski definition) is 4. The minimum Gasteiger partial charge on any atom is -0.489 e. The zero-order valence-corrected chi connectivity index (χ0v) is 14.9. The number of ether oxygens (including phenoxy) is 1. The topological polar surface area (TPSA) is 58.5 Å². The highest BCUT2D eigenvalue weighted by atomic mass is 32.1. The van der Waals surface area contributed by atoms with Crippen LogP contribution in [0.15, 0.2) is 35.5 Å². The zero-order chi connectivity index (χ0) is 16.7. The smallest absolute Gasteiger partial charge is 0.191 e. The van der Waals surface area contributed by atoms with Gasteiger partial charge in [-0.2, -0.15) is 0 Å². The Morgan fingerprint density at radius 3 is 2.61 bits per heavy atom. The zero-order valence-electron chi connectivity index (χ0n) is 14.1. The third-order valence-electron chi connectivity index (χ3n) is 3.22. The molecule has 1 heterocycles. The Balaban J connectivity index is 1.75. The van der Waals surface area contributed by atoms with Gasteiger partial charge in [0.1, 0.15) is 16.9 Å². The monoisotopic (exact) mass is 332 g/mol. The molecule has 2 aromatic rings. The summed E-state index contributed by atoms with van der Waals surface area (Å²) in [5.41, 5.74) is 1.23. The van der Waals surface area contributed by atoms with Gasteiger partial charge < -0.3 is 15.4 Å². The predicted octanol–water partition coefficient (Wildman–Crippen LogP) is 2.89. The van der Waals surface area contributed by atoms with E-state index in [-0.39, 0.29) is 6.10 Å². The Labute approximate surface area is 141 Å². The second-order valence-electron chi connectivity index (χ2n) is 5.41. The number of aliphatic imine (C=N–C) groups is 1. The van der Waals surface area contributed by atoms with Crippen molar-refractivity contribution in [2.45, 2.75) is 33.4 Å². The molecule has 5 nitrogen and oxygen atoms in total. The molecule has 0 fully saturated rings. The molecule has 1 unspecified atom stereocenters. The highest BCUT2D eigenvalue weighted by Crippen LogP contribution is 2.13. The van der Waals surface area contributed by atoms with E-state index in [9.17, 15) is 0 Å². The summed E-state index contributed by atoms with van der Waals surface area (Å²) < 4.78 is 5.87. The predicted molar refractivity (Wildman–Crippen MR) is 96.3 cm³/mol. The highest BCUT2D eigenvalue weighted by Gasteiger charge is 2.06. The summed E-state index contributed by atoms with van der Waals surface area (Å²) in [6.45, 7) is 7.49. The fourth-order valence-corrected chi connectivity index (χ4v) is 2.72. The number of hydrogen-bond donors (Lipinski definition) is 2. The van der Waals surface area contributed by atoms with Gasteiger partial charge in [0, 0.05) is 18.1 Å². The van der Waals surface area contributed by atoms with Crippen molar-refractivity contribution in [2.24, 2.45) is 4.99 Å². The van der Waals surface area contributed by atoms with Crippen molar-refractivity contribution in [3.63, 3.8) is 0 Å². The van der Waals surface area contributed by atoms with Crippen LogP contribution in [-0.2, 0) is 6.54 Å². The molecule has 124 valence electrons. The lowest BCUT2D eigenvalue weighted by molar-refractivity contribution is 0.224. The van der Waals surface area contributed by atoms with Crippen LogP contribution in [0, 0.1) is 13.8 Å². The van der Waals surface area contributed by atoms with Gasteiger partial charge in [0.15, 0.2) is 5.96 Å². The molecule has 0 amide bonds. The van der Waals surface area contributed by atoms with Gasteiger partial charge in [0.2, 0.25) is 0 Å². The van der Waals surface area contributed by atoms with E-state index >= 15 is 0 Å². The number of aryl methyl sites for hydroxylation is 2. The number of guanidine groups is 1. The van der Waals surface area contributed by atoms with Gasteiger partial charge in [-0.3, -0.25) is 4.99 Å². The van der Waals surface area contributed by atoms with E-state index in [0.717, 1.165) is 16.7 Å². The average molecular weight is 332 g/mol. The van der Waals surface area contributed by atoms with E-state index < -0.39 is 0 Å². The van der Waals surface area contributed by atoms with Crippen LogP contribution in [0.1, 0.15) is 22.4 Å². The molecule has 0 aliphatic rings. The molecule has 1 aromatic carbocycles. The molecule has 0 bridgehead atoms. The third kappa shape index (κ3) is 5.90. The number of benzene rings is 1. The van der Waals surface area contributed by atoms with E-state index in [1.165, 1.54) is 10.4 Å². The van der Waals surface area contributed by atoms with Gasteiger partial charge in [-0.25, -0.2) is 4.98 Å². The number of rotatable bonds is 6. The molecular weight excluding hydrogens is 308 g/mol. The number of thiazole rings is 1. The van der Waals surface area contributed by atoms with E-state index in [0.29, 0.717) is 13.1 Å². The number of aromatic nitrogens is 1. The quantitative estimate of drug-likeness (QED) is 0.631. The van der Waals surface area contributed by atoms with Crippen molar-refractivity contribution < 1.29 is 4.74 Å². The van der Waals surface area contributed by atoms with Crippen LogP contribution < -0.4 is 15.4 Å². The van der Waals surface area contributed by atoms with Crippen molar-refractivity contribution in [2.75, 3.05) is 13.6 Å². The first kappa shape index (κ1) is 17.3. The summed E-state index contributed by atoms with van der Waals surface area (Å²) in [4.78, 5) is 9.76. The van der Waals surface area contributed by atoms with Crippen LogP contribution in [0.3, 0.4) is 0 Å². The molecule has 23 heavy (non-hydrogen) atoms. The summed E-state index contributed by atoms with van der Waals surface area (Å²) in [5, 5.41) is 7.58. The first-order valence-electron chi connectivity index (χ1n) is 7.66. The fraction of sp³-hybridized carbons (Fsp3) is 0.412. The molecule has 2 N–H and O–H groups in total. The Kier molecular flexibility index (Phi) is 6.40. The van der Waals surface area contributed by atoms with Gasteiger partial charge in [-0.05, 0) is 32.9 Å². The molecule has 0 radical (unpaired) electrons. The van der Waals surface area contributed by atoms with Gasteiger partial charge in [-0.1, -0.05) is 17.7 Å². The van der Waals surface area contributed by atoms with Crippen molar-refractivity contribution in [1.29, 1.82) is 0 Å². The average Bonchev–Trinajstić information content (AvgIpc) is 2.95. The van der Waals surface area contributed by atoms with E-state index in [4.69, 9.17) is 4.74 Å². The number of nitrogens with one attached hydrogen (secondary N) is 2. The standard InChI is InChI=1S/C17H24N4OS/c1-12-5-7-15(8-6-12)22-13(2)9-20-17(18-4)21-11-16-19-10-14(3)23-16/h5-8,10,13H,9,11H2,1-4H3,(H2,18,20,21). The van der Waals surface area contributed by atoms with E-state index in [2.05, 4.69) is 34.5 Å². The minimum atomic E-state index is 0.0402. The minimum absolute atomic E-state index is 0.0402. The normalized spacial score (nSPS) is 12.8. The van der Waals surface area contributed by atoms with Crippen LogP contribution in [0.5, 0.6) is 5.75 Å². The fourth-order valence-electron chi connectivity index (χ4n) is 1.99. The Bertz CT molecular complexity index is 636. The van der Waals surface area contributed by atoms with Crippen LogP contribution in [0.2, 0.25) is 0 Å². The molecule has 1 atom stereocenters. The second-order valence-corrected chi connectivity index (χ2v) is 6.73. The van der Waals surface area contributed by atoms with Crippen LogP contribution >= 0.6 is 11.3 Å². The van der Waals surface area contributed by atoms with Gasteiger partial charge in [0.05, 0.1) is 13.1 Å². The van der Waals surface area contributed by atoms with Crippen molar-refractivity contribution in [3.05, 3.63) is 45.9 Å². The first-order chi connectivity index (χ1) is 11.1. The lowest BCUT2D eigenvalue weighted by Gasteiger charge is -2.17. The maximum atomic E-state index is 5.87. The van der Waals surface area contributed by atoms with Gasteiger partial charge in [-0.15, -0.1) is 11.3 Å². The molecule has 0 aliphatic heterocycles. The Hall–Kier alpha value is -2.08. The van der Waals surface area contributed by atoms with Crippen molar-refractivity contribution in [3.8, 4) is 5.75 Å². The van der Waals surface area contributed by atoms with Crippen molar-refractivity contribution >= 4 is 17.3 Å². The molecule has 0 saturated heterocycles. The van der Waals surface area contributed by atoms with Crippen LogP contribution in [-0.4, -0.2) is 30.6 Å². The second kappa shape index (κ2) is 8.53. The van der Waals surface area contributed by atoms with Gasteiger partial charge >= 0.3 is 0 Å². The molecule has 0 aliphatic carbocycles. The summed E-state index contributed by atoms with van der Waals surface area (Å²) in [5.74, 6) is 1.63.